The van der Waals surface area contributed by atoms with Crippen molar-refractivity contribution in [3.63, 3.8) is 0 Å². The van der Waals surface area contributed by atoms with Gasteiger partial charge in [0.15, 0.2) is 0 Å². The van der Waals surface area contributed by atoms with Crippen LogP contribution in [-0.4, -0.2) is 5.54 Å². The lowest BCUT2D eigenvalue weighted by molar-refractivity contribution is 0.162. The lowest BCUT2D eigenvalue weighted by Gasteiger charge is -2.42. The second-order valence-electron chi connectivity index (χ2n) is 5.89. The zero-order chi connectivity index (χ0) is 13.3. The second kappa shape index (κ2) is 5.18. The first kappa shape index (κ1) is 13.8. The number of nitrogens with two attached hydrogens (primary N) is 1. The summed E-state index contributed by atoms with van der Waals surface area (Å²) in [5, 5.41) is 0.491. The van der Waals surface area contributed by atoms with Crippen LogP contribution in [0, 0.1) is 17.7 Å². The molecule has 0 spiro atoms. The molecule has 0 heterocycles. The Morgan fingerprint density at radius 2 is 2.17 bits per heavy atom. The summed E-state index contributed by atoms with van der Waals surface area (Å²) in [5.41, 5.74) is 6.76. The van der Waals surface area contributed by atoms with E-state index in [1.165, 1.54) is 6.07 Å². The molecule has 2 rings (SSSR count). The standard InChI is InChI=1S/C15H21ClFN/c1-10-6-7-15(18,11(2)8-10)9-12-13(16)4-3-5-14(12)17/h3-5,10-11H,6-9,18H2,1-2H3. The van der Waals surface area contributed by atoms with E-state index >= 15 is 0 Å². The smallest absolute Gasteiger partial charge is 0.127 e. The van der Waals surface area contributed by atoms with Gasteiger partial charge in [-0.05, 0) is 49.7 Å². The Hall–Kier alpha value is -0.600. The van der Waals surface area contributed by atoms with Crippen molar-refractivity contribution in [1.29, 1.82) is 0 Å². The summed E-state index contributed by atoms with van der Waals surface area (Å²) < 4.78 is 13.8. The van der Waals surface area contributed by atoms with Gasteiger partial charge < -0.3 is 5.73 Å². The second-order valence-corrected chi connectivity index (χ2v) is 6.30. The highest BCUT2D eigenvalue weighted by Crippen LogP contribution is 2.38. The number of hydrogen-bond donors (Lipinski definition) is 1. The van der Waals surface area contributed by atoms with Gasteiger partial charge in [0, 0.05) is 16.1 Å². The molecule has 1 nitrogen and oxygen atoms in total. The molecule has 0 bridgehead atoms. The highest BCUT2D eigenvalue weighted by Gasteiger charge is 2.37. The predicted octanol–water partition coefficient (Wildman–Crippen LogP) is 4.18. The Bertz CT molecular complexity index is 414. The highest BCUT2D eigenvalue weighted by molar-refractivity contribution is 6.31. The minimum absolute atomic E-state index is 0.238. The van der Waals surface area contributed by atoms with Gasteiger partial charge >= 0.3 is 0 Å². The maximum atomic E-state index is 13.8. The first-order valence-electron chi connectivity index (χ1n) is 6.64. The summed E-state index contributed by atoms with van der Waals surface area (Å²) in [6, 6.07) is 4.83. The monoisotopic (exact) mass is 269 g/mol. The van der Waals surface area contributed by atoms with Crippen molar-refractivity contribution >= 4 is 11.6 Å². The van der Waals surface area contributed by atoms with E-state index in [2.05, 4.69) is 13.8 Å². The topological polar surface area (TPSA) is 26.0 Å². The molecule has 0 radical (unpaired) electrons. The normalized spacial score (nSPS) is 32.5. The van der Waals surface area contributed by atoms with Crippen LogP contribution in [0.3, 0.4) is 0 Å². The van der Waals surface area contributed by atoms with Crippen molar-refractivity contribution in [2.75, 3.05) is 0 Å². The van der Waals surface area contributed by atoms with E-state index in [-0.39, 0.29) is 11.4 Å². The van der Waals surface area contributed by atoms with Crippen molar-refractivity contribution in [3.05, 3.63) is 34.6 Å². The maximum absolute atomic E-state index is 13.8. The van der Waals surface area contributed by atoms with Gasteiger partial charge in [0.05, 0.1) is 0 Å². The lowest BCUT2D eigenvalue weighted by Crippen LogP contribution is -2.51. The molecule has 1 aromatic carbocycles. The van der Waals surface area contributed by atoms with Crippen LogP contribution in [0.25, 0.3) is 0 Å². The van der Waals surface area contributed by atoms with Gasteiger partial charge in [-0.1, -0.05) is 31.5 Å². The molecule has 1 aromatic rings. The molecule has 1 fully saturated rings. The third-order valence-electron chi connectivity index (χ3n) is 4.41. The summed E-state index contributed by atoms with van der Waals surface area (Å²) in [6.45, 7) is 4.43. The van der Waals surface area contributed by atoms with Crippen molar-refractivity contribution < 1.29 is 4.39 Å². The van der Waals surface area contributed by atoms with Crippen LogP contribution in [-0.2, 0) is 6.42 Å². The quantitative estimate of drug-likeness (QED) is 0.857. The van der Waals surface area contributed by atoms with Crippen LogP contribution < -0.4 is 5.73 Å². The fourth-order valence-corrected chi connectivity index (χ4v) is 3.24. The largest absolute Gasteiger partial charge is 0.325 e. The van der Waals surface area contributed by atoms with Crippen molar-refractivity contribution in [2.45, 2.75) is 45.1 Å². The first-order valence-corrected chi connectivity index (χ1v) is 7.02. The molecule has 3 heteroatoms. The van der Waals surface area contributed by atoms with E-state index in [0.29, 0.717) is 28.8 Å². The van der Waals surface area contributed by atoms with Crippen molar-refractivity contribution in [3.8, 4) is 0 Å². The average molecular weight is 270 g/mol. The molecule has 0 amide bonds. The number of rotatable bonds is 2. The third kappa shape index (κ3) is 2.70. The molecular weight excluding hydrogens is 249 g/mol. The van der Waals surface area contributed by atoms with E-state index in [0.717, 1.165) is 19.3 Å². The summed E-state index contributed by atoms with van der Waals surface area (Å²) >= 11 is 6.09. The van der Waals surface area contributed by atoms with Crippen LogP contribution in [0.4, 0.5) is 4.39 Å². The van der Waals surface area contributed by atoms with Gasteiger partial charge in [0.1, 0.15) is 5.82 Å². The molecule has 0 aromatic heterocycles. The molecule has 3 unspecified atom stereocenters. The van der Waals surface area contributed by atoms with Gasteiger partial charge in [0.2, 0.25) is 0 Å². The fourth-order valence-electron chi connectivity index (χ4n) is 3.01. The number of halogens is 2. The SMILES string of the molecule is CC1CCC(N)(Cc2c(F)cccc2Cl)C(C)C1. The Morgan fingerprint density at radius 1 is 1.44 bits per heavy atom. The first-order chi connectivity index (χ1) is 8.42. The highest BCUT2D eigenvalue weighted by atomic mass is 35.5. The fraction of sp³-hybridized carbons (Fsp3) is 0.600. The lowest BCUT2D eigenvalue weighted by atomic mass is 9.68. The van der Waals surface area contributed by atoms with Gasteiger partial charge in [-0.25, -0.2) is 4.39 Å². The van der Waals surface area contributed by atoms with E-state index in [4.69, 9.17) is 17.3 Å². The summed E-state index contributed by atoms with van der Waals surface area (Å²) in [7, 11) is 0. The van der Waals surface area contributed by atoms with Gasteiger partial charge in [-0.2, -0.15) is 0 Å². The van der Waals surface area contributed by atoms with Gasteiger partial charge in [-0.3, -0.25) is 0 Å². The van der Waals surface area contributed by atoms with E-state index < -0.39 is 0 Å². The van der Waals surface area contributed by atoms with Gasteiger partial charge in [0.25, 0.3) is 0 Å². The van der Waals surface area contributed by atoms with Crippen LogP contribution in [0.5, 0.6) is 0 Å². The minimum Gasteiger partial charge on any atom is -0.325 e. The van der Waals surface area contributed by atoms with Gasteiger partial charge in [-0.15, -0.1) is 0 Å². The molecule has 1 saturated carbocycles. The van der Waals surface area contributed by atoms with Crippen molar-refractivity contribution in [2.24, 2.45) is 17.6 Å². The predicted molar refractivity (Wildman–Crippen MR) is 74.2 cm³/mol. The third-order valence-corrected chi connectivity index (χ3v) is 4.76. The average Bonchev–Trinajstić information content (AvgIpc) is 2.30. The molecule has 18 heavy (non-hydrogen) atoms. The molecule has 2 N–H and O–H groups in total. The van der Waals surface area contributed by atoms with E-state index in [1.54, 1.807) is 12.1 Å². The molecule has 3 atom stereocenters. The van der Waals surface area contributed by atoms with E-state index in [1.807, 2.05) is 0 Å². The molecule has 100 valence electrons. The van der Waals surface area contributed by atoms with E-state index in [9.17, 15) is 4.39 Å². The molecule has 0 saturated heterocycles. The number of hydrogen-bond acceptors (Lipinski definition) is 1. The van der Waals surface area contributed by atoms with Crippen LogP contribution in [0.2, 0.25) is 5.02 Å². The molecular formula is C15H21ClFN. The van der Waals surface area contributed by atoms with Crippen LogP contribution in [0.1, 0.15) is 38.7 Å². The maximum Gasteiger partial charge on any atom is 0.127 e. The Labute approximate surface area is 114 Å². The Morgan fingerprint density at radius 3 is 2.78 bits per heavy atom. The van der Waals surface area contributed by atoms with Crippen molar-refractivity contribution in [1.82, 2.24) is 0 Å². The molecule has 1 aliphatic rings. The summed E-state index contributed by atoms with van der Waals surface area (Å²) in [4.78, 5) is 0. The summed E-state index contributed by atoms with van der Waals surface area (Å²) in [5.74, 6) is 0.878. The summed E-state index contributed by atoms with van der Waals surface area (Å²) in [6.07, 6.45) is 3.71. The molecule has 0 aliphatic heterocycles. The van der Waals surface area contributed by atoms with Crippen LogP contribution in [0.15, 0.2) is 18.2 Å². The zero-order valence-electron chi connectivity index (χ0n) is 11.0. The molecule has 1 aliphatic carbocycles. The number of benzene rings is 1. The minimum atomic E-state index is -0.321. The van der Waals surface area contributed by atoms with Crippen LogP contribution >= 0.6 is 11.6 Å². The Balaban J connectivity index is 2.22. The Kier molecular flexibility index (Phi) is 3.98. The zero-order valence-corrected chi connectivity index (χ0v) is 11.8.